The minimum Gasteiger partial charge on any atom is -0.377 e. The second kappa shape index (κ2) is 4.30. The van der Waals surface area contributed by atoms with Gasteiger partial charge < -0.3 is 4.74 Å². The van der Waals surface area contributed by atoms with Gasteiger partial charge in [0.1, 0.15) is 6.04 Å². The highest BCUT2D eigenvalue weighted by atomic mass is 32.2. The molecule has 0 N–H and O–H groups in total. The smallest absolute Gasteiger partial charge is 0.106 e. The predicted molar refractivity (Wildman–Crippen MR) is 67.1 cm³/mol. The monoisotopic (exact) mass is 245 g/mol. The first-order valence-corrected chi connectivity index (χ1v) is 8.04. The quantitative estimate of drug-likeness (QED) is 0.711. The van der Waals surface area contributed by atoms with Gasteiger partial charge in [-0.2, -0.15) is 0 Å². The number of nitrogens with zero attached hydrogens (tertiary/aromatic N) is 1. The van der Waals surface area contributed by atoms with E-state index in [1.807, 2.05) is 0 Å². The lowest BCUT2D eigenvalue weighted by atomic mass is 9.77. The topological polar surface area (TPSA) is 38.7 Å². The van der Waals surface area contributed by atoms with Crippen LogP contribution in [0.5, 0.6) is 0 Å². The maximum Gasteiger partial charge on any atom is 0.106 e. The molecule has 0 aliphatic carbocycles. The molecule has 2 aliphatic rings. The van der Waals surface area contributed by atoms with Crippen molar-refractivity contribution in [3.63, 3.8) is 0 Å². The Hall–Kier alpha value is -0.0900. The van der Waals surface area contributed by atoms with Crippen molar-refractivity contribution >= 4 is 9.73 Å². The third-order valence-electron chi connectivity index (χ3n) is 3.76. The van der Waals surface area contributed by atoms with E-state index in [2.05, 4.69) is 25.1 Å². The predicted octanol–water partition coefficient (Wildman–Crippen LogP) is 2.31. The standard InChI is InChI=1S/C12H23NO2S/c1-12(2,3)10-4-6-16(14,7-5-10)13-11-8-15-9-11/h10-11H,4-9H2,1-3H3. The second-order valence-corrected chi connectivity index (χ2v) is 8.69. The molecule has 0 unspecified atom stereocenters. The largest absolute Gasteiger partial charge is 0.377 e. The highest BCUT2D eigenvalue weighted by molar-refractivity contribution is 7.93. The highest BCUT2D eigenvalue weighted by Gasteiger charge is 2.31. The molecule has 0 aromatic carbocycles. The van der Waals surface area contributed by atoms with E-state index in [0.717, 1.165) is 24.3 Å². The molecule has 16 heavy (non-hydrogen) atoms. The van der Waals surface area contributed by atoms with Crippen LogP contribution in [-0.2, 0) is 14.5 Å². The van der Waals surface area contributed by atoms with Gasteiger partial charge in [0.2, 0.25) is 0 Å². The Balaban J connectivity index is 1.98. The Kier molecular flexibility index (Phi) is 3.32. The van der Waals surface area contributed by atoms with E-state index in [0.29, 0.717) is 24.5 Å². The summed E-state index contributed by atoms with van der Waals surface area (Å²) in [5, 5.41) is 0. The van der Waals surface area contributed by atoms with E-state index in [1.54, 1.807) is 0 Å². The molecular formula is C12H23NO2S. The van der Waals surface area contributed by atoms with Gasteiger partial charge >= 0.3 is 0 Å². The summed E-state index contributed by atoms with van der Waals surface area (Å²) in [6, 6.07) is 0.221. The van der Waals surface area contributed by atoms with Gasteiger partial charge in [0, 0.05) is 21.2 Å². The van der Waals surface area contributed by atoms with E-state index in [4.69, 9.17) is 4.74 Å². The van der Waals surface area contributed by atoms with Crippen LogP contribution in [-0.4, -0.2) is 35.0 Å². The fourth-order valence-corrected chi connectivity index (χ4v) is 4.81. The molecule has 0 saturated carbocycles. The van der Waals surface area contributed by atoms with Crippen LogP contribution in [0.15, 0.2) is 4.36 Å². The van der Waals surface area contributed by atoms with Crippen LogP contribution in [0.25, 0.3) is 0 Å². The summed E-state index contributed by atoms with van der Waals surface area (Å²) in [5.41, 5.74) is 0.348. The molecule has 2 rings (SSSR count). The van der Waals surface area contributed by atoms with Gasteiger partial charge in [0.15, 0.2) is 0 Å². The molecule has 0 aromatic heterocycles. The number of rotatable bonds is 1. The van der Waals surface area contributed by atoms with Crippen molar-refractivity contribution in [2.24, 2.45) is 15.7 Å². The minimum absolute atomic E-state index is 0.221. The molecule has 0 spiro atoms. The molecule has 0 amide bonds. The lowest BCUT2D eigenvalue weighted by Crippen LogP contribution is -2.36. The Labute approximate surface area is 99.1 Å². The summed E-state index contributed by atoms with van der Waals surface area (Å²) in [4.78, 5) is 0. The summed E-state index contributed by atoms with van der Waals surface area (Å²) in [7, 11) is -1.90. The Morgan fingerprint density at radius 3 is 2.12 bits per heavy atom. The van der Waals surface area contributed by atoms with Crippen molar-refractivity contribution in [3.8, 4) is 0 Å². The zero-order chi connectivity index (χ0) is 11.8. The van der Waals surface area contributed by atoms with Gasteiger partial charge in [-0.3, -0.25) is 0 Å². The summed E-state index contributed by atoms with van der Waals surface area (Å²) in [5.74, 6) is 2.30. The van der Waals surface area contributed by atoms with Crippen LogP contribution in [0.2, 0.25) is 0 Å². The third-order valence-corrected chi connectivity index (χ3v) is 6.19. The van der Waals surface area contributed by atoms with Gasteiger partial charge in [-0.15, -0.1) is 0 Å². The molecule has 4 heteroatoms. The summed E-state index contributed by atoms with van der Waals surface area (Å²) in [6.07, 6.45) is 2.14. The second-order valence-electron chi connectivity index (χ2n) is 6.12. The molecule has 3 nitrogen and oxygen atoms in total. The van der Waals surface area contributed by atoms with Crippen LogP contribution in [0.1, 0.15) is 33.6 Å². The molecule has 0 radical (unpaired) electrons. The van der Waals surface area contributed by atoms with E-state index in [-0.39, 0.29) is 6.04 Å². The molecule has 0 atom stereocenters. The fourth-order valence-electron chi connectivity index (χ4n) is 2.43. The first-order chi connectivity index (χ1) is 7.39. The summed E-state index contributed by atoms with van der Waals surface area (Å²) in [6.45, 7) is 8.20. The van der Waals surface area contributed by atoms with Crippen molar-refractivity contribution < 1.29 is 8.95 Å². The first kappa shape index (κ1) is 12.4. The van der Waals surface area contributed by atoms with E-state index >= 15 is 0 Å². The lowest BCUT2D eigenvalue weighted by molar-refractivity contribution is 0.0139. The lowest BCUT2D eigenvalue weighted by Gasteiger charge is -2.35. The van der Waals surface area contributed by atoms with Gasteiger partial charge in [0.05, 0.1) is 13.2 Å². The van der Waals surface area contributed by atoms with Crippen LogP contribution < -0.4 is 0 Å². The number of hydrogen-bond donors (Lipinski definition) is 0. The highest BCUT2D eigenvalue weighted by Crippen LogP contribution is 2.35. The Morgan fingerprint density at radius 1 is 1.19 bits per heavy atom. The fraction of sp³-hybridized carbons (Fsp3) is 1.00. The van der Waals surface area contributed by atoms with Crippen LogP contribution in [0.3, 0.4) is 0 Å². The third kappa shape index (κ3) is 2.77. The maximum atomic E-state index is 12.5. The minimum atomic E-state index is -1.90. The zero-order valence-corrected chi connectivity index (χ0v) is 11.4. The molecule has 0 aromatic rings. The van der Waals surface area contributed by atoms with E-state index in [9.17, 15) is 4.21 Å². The van der Waals surface area contributed by atoms with Crippen molar-refractivity contribution in [1.82, 2.24) is 0 Å². The molecule has 0 bridgehead atoms. The van der Waals surface area contributed by atoms with Crippen molar-refractivity contribution in [1.29, 1.82) is 0 Å². The normalized spacial score (nSPS) is 36.8. The van der Waals surface area contributed by atoms with Crippen LogP contribution >= 0.6 is 0 Å². The molecule has 2 aliphatic heterocycles. The van der Waals surface area contributed by atoms with E-state index in [1.165, 1.54) is 0 Å². The number of hydrogen-bond acceptors (Lipinski definition) is 3. The van der Waals surface area contributed by atoms with Gasteiger partial charge in [-0.25, -0.2) is 8.57 Å². The van der Waals surface area contributed by atoms with Crippen LogP contribution in [0.4, 0.5) is 0 Å². The molecule has 94 valence electrons. The van der Waals surface area contributed by atoms with Crippen molar-refractivity contribution in [2.45, 2.75) is 39.7 Å². The van der Waals surface area contributed by atoms with Crippen molar-refractivity contribution in [2.75, 3.05) is 24.7 Å². The van der Waals surface area contributed by atoms with Gasteiger partial charge in [-0.1, -0.05) is 20.8 Å². The Morgan fingerprint density at radius 2 is 1.75 bits per heavy atom. The average Bonchev–Trinajstić information content (AvgIpc) is 2.11. The van der Waals surface area contributed by atoms with Gasteiger partial charge in [0.25, 0.3) is 0 Å². The molecular weight excluding hydrogens is 222 g/mol. The number of ether oxygens (including phenoxy) is 1. The Bertz CT molecular complexity index is 346. The SMILES string of the molecule is CC(C)(C)C1CCS(=O)(=NC2COC2)CC1. The molecule has 2 heterocycles. The molecule has 2 saturated heterocycles. The average molecular weight is 245 g/mol. The van der Waals surface area contributed by atoms with Gasteiger partial charge in [-0.05, 0) is 24.2 Å². The summed E-state index contributed by atoms with van der Waals surface area (Å²) >= 11 is 0. The maximum absolute atomic E-state index is 12.5. The van der Waals surface area contributed by atoms with E-state index < -0.39 is 9.73 Å². The zero-order valence-electron chi connectivity index (χ0n) is 10.6. The molecule has 2 fully saturated rings. The van der Waals surface area contributed by atoms with Crippen molar-refractivity contribution in [3.05, 3.63) is 0 Å². The van der Waals surface area contributed by atoms with Crippen LogP contribution in [0, 0.1) is 11.3 Å². The summed E-state index contributed by atoms with van der Waals surface area (Å²) < 4.78 is 22.0. The first-order valence-electron chi connectivity index (χ1n) is 6.18.